The Labute approximate surface area is 130 Å². The molecule has 6 nitrogen and oxygen atoms in total. The van der Waals surface area contributed by atoms with E-state index in [0.29, 0.717) is 0 Å². The number of rotatable bonds is 3. The first-order chi connectivity index (χ1) is 10.7. The third-order valence-corrected chi connectivity index (χ3v) is 4.21. The molecule has 116 valence electrons. The lowest BCUT2D eigenvalue weighted by Crippen LogP contribution is -2.38. The molecule has 1 saturated heterocycles. The van der Waals surface area contributed by atoms with E-state index in [1.165, 1.54) is 0 Å². The van der Waals surface area contributed by atoms with Gasteiger partial charge in [-0.25, -0.2) is 0 Å². The van der Waals surface area contributed by atoms with Gasteiger partial charge in [-0.2, -0.15) is 5.10 Å². The molecule has 0 spiro atoms. The molecule has 22 heavy (non-hydrogen) atoms. The molecule has 0 saturated carbocycles. The molecule has 1 fully saturated rings. The minimum atomic E-state index is 0.133. The summed E-state index contributed by atoms with van der Waals surface area (Å²) in [6.45, 7) is 6.08. The van der Waals surface area contributed by atoms with Crippen molar-refractivity contribution in [3.8, 4) is 11.3 Å². The van der Waals surface area contributed by atoms with Crippen molar-refractivity contribution in [2.45, 2.75) is 39.2 Å². The molecule has 3 heterocycles. The summed E-state index contributed by atoms with van der Waals surface area (Å²) in [6, 6.07) is 0. The molecular weight excluding hydrogens is 278 g/mol. The lowest BCUT2D eigenvalue weighted by molar-refractivity contribution is -0.130. The second kappa shape index (κ2) is 6.25. The summed E-state index contributed by atoms with van der Waals surface area (Å²) in [5.74, 6) is 0.375. The van der Waals surface area contributed by atoms with Crippen LogP contribution in [0.3, 0.4) is 0 Å². The number of nitrogens with zero attached hydrogens (tertiary/aromatic N) is 5. The molecular formula is C16H21N5O. The zero-order valence-corrected chi connectivity index (χ0v) is 13.1. The van der Waals surface area contributed by atoms with Crippen molar-refractivity contribution in [2.75, 3.05) is 13.1 Å². The van der Waals surface area contributed by atoms with Crippen molar-refractivity contribution in [1.82, 2.24) is 24.6 Å². The molecule has 0 unspecified atom stereocenters. The molecule has 0 radical (unpaired) electrons. The molecule has 0 bridgehead atoms. The number of piperidine rings is 1. The monoisotopic (exact) mass is 299 g/mol. The number of aryl methyl sites for hydroxylation is 1. The first-order valence-electron chi connectivity index (χ1n) is 7.78. The minimum absolute atomic E-state index is 0.133. The van der Waals surface area contributed by atoms with Gasteiger partial charge in [0.1, 0.15) is 0 Å². The van der Waals surface area contributed by atoms with Gasteiger partial charge in [-0.15, -0.1) is 0 Å². The van der Waals surface area contributed by atoms with Crippen LogP contribution < -0.4 is 0 Å². The summed E-state index contributed by atoms with van der Waals surface area (Å²) in [5.41, 5.74) is 2.85. The van der Waals surface area contributed by atoms with Gasteiger partial charge in [0.15, 0.2) is 0 Å². The highest BCUT2D eigenvalue weighted by molar-refractivity contribution is 5.73. The van der Waals surface area contributed by atoms with E-state index >= 15 is 0 Å². The highest BCUT2D eigenvalue weighted by Crippen LogP contribution is 2.31. The van der Waals surface area contributed by atoms with E-state index in [4.69, 9.17) is 0 Å². The van der Waals surface area contributed by atoms with Gasteiger partial charge >= 0.3 is 0 Å². The maximum Gasteiger partial charge on any atom is 0.219 e. The summed E-state index contributed by atoms with van der Waals surface area (Å²) in [5, 5.41) is 4.32. The number of hydrogen-bond donors (Lipinski definition) is 0. The standard InChI is InChI=1S/C16H21N5O/c1-3-21-11-14(9-19-21)16-15(17-6-7-18-16)13-5-4-8-20(10-13)12(2)22/h6-7,9,11,13H,3-5,8,10H2,1-2H3/t13-/m1/s1. The van der Waals surface area contributed by atoms with Gasteiger partial charge in [-0.3, -0.25) is 19.4 Å². The summed E-state index contributed by atoms with van der Waals surface area (Å²) in [6.07, 6.45) is 9.33. The average Bonchev–Trinajstić information content (AvgIpc) is 3.04. The molecule has 1 aliphatic heterocycles. The largest absolute Gasteiger partial charge is 0.342 e. The molecule has 0 aromatic carbocycles. The SMILES string of the molecule is CCn1cc(-c2nccnc2[C@@H]2CCCN(C(C)=O)C2)cn1. The van der Waals surface area contributed by atoms with Crippen LogP contribution in [0, 0.1) is 0 Å². The Morgan fingerprint density at radius 1 is 1.36 bits per heavy atom. The van der Waals surface area contributed by atoms with Gasteiger partial charge in [0, 0.05) is 56.6 Å². The molecule has 3 rings (SSSR count). The Hall–Kier alpha value is -2.24. The van der Waals surface area contributed by atoms with Crippen molar-refractivity contribution in [3.05, 3.63) is 30.5 Å². The lowest BCUT2D eigenvalue weighted by atomic mass is 9.92. The topological polar surface area (TPSA) is 63.9 Å². The van der Waals surface area contributed by atoms with Crippen molar-refractivity contribution in [1.29, 1.82) is 0 Å². The van der Waals surface area contributed by atoms with E-state index in [9.17, 15) is 4.79 Å². The molecule has 1 amide bonds. The van der Waals surface area contributed by atoms with Gasteiger partial charge in [0.2, 0.25) is 5.91 Å². The highest BCUT2D eigenvalue weighted by atomic mass is 16.2. The second-order valence-electron chi connectivity index (χ2n) is 5.68. The Morgan fingerprint density at radius 2 is 2.18 bits per heavy atom. The van der Waals surface area contributed by atoms with Gasteiger partial charge in [-0.05, 0) is 19.8 Å². The highest BCUT2D eigenvalue weighted by Gasteiger charge is 2.26. The van der Waals surface area contributed by atoms with Gasteiger partial charge < -0.3 is 4.90 Å². The predicted octanol–water partition coefficient (Wildman–Crippen LogP) is 2.09. The fraction of sp³-hybridized carbons (Fsp3) is 0.500. The third kappa shape index (κ3) is 2.86. The van der Waals surface area contributed by atoms with Crippen LogP contribution >= 0.6 is 0 Å². The Kier molecular flexibility index (Phi) is 4.18. The maximum absolute atomic E-state index is 11.6. The first-order valence-corrected chi connectivity index (χ1v) is 7.78. The lowest BCUT2D eigenvalue weighted by Gasteiger charge is -2.32. The summed E-state index contributed by atoms with van der Waals surface area (Å²) in [4.78, 5) is 22.6. The van der Waals surface area contributed by atoms with Crippen molar-refractivity contribution >= 4 is 5.91 Å². The van der Waals surface area contributed by atoms with Crippen LogP contribution in [0.5, 0.6) is 0 Å². The fourth-order valence-corrected chi connectivity index (χ4v) is 3.02. The van der Waals surface area contributed by atoms with Gasteiger partial charge in [0.25, 0.3) is 0 Å². The number of aromatic nitrogens is 4. The minimum Gasteiger partial charge on any atom is -0.342 e. The number of hydrogen-bond acceptors (Lipinski definition) is 4. The molecule has 1 aliphatic rings. The molecule has 1 atom stereocenters. The summed E-state index contributed by atoms with van der Waals surface area (Å²) >= 11 is 0. The normalized spacial score (nSPS) is 18.5. The van der Waals surface area contributed by atoms with Gasteiger partial charge in [0.05, 0.1) is 17.6 Å². The van der Waals surface area contributed by atoms with Crippen LogP contribution in [-0.4, -0.2) is 43.6 Å². The quantitative estimate of drug-likeness (QED) is 0.870. The average molecular weight is 299 g/mol. The van der Waals surface area contributed by atoms with Crippen LogP contribution in [0.25, 0.3) is 11.3 Å². The second-order valence-corrected chi connectivity index (χ2v) is 5.68. The van der Waals surface area contributed by atoms with E-state index in [0.717, 1.165) is 49.4 Å². The van der Waals surface area contributed by atoms with E-state index in [2.05, 4.69) is 22.0 Å². The van der Waals surface area contributed by atoms with Crippen LogP contribution in [-0.2, 0) is 11.3 Å². The molecule has 0 aliphatic carbocycles. The number of amides is 1. The summed E-state index contributed by atoms with van der Waals surface area (Å²) < 4.78 is 1.89. The van der Waals surface area contributed by atoms with Crippen molar-refractivity contribution in [3.63, 3.8) is 0 Å². The molecule has 2 aromatic heterocycles. The summed E-state index contributed by atoms with van der Waals surface area (Å²) in [7, 11) is 0. The molecule has 2 aromatic rings. The van der Waals surface area contributed by atoms with E-state index in [1.807, 2.05) is 22.0 Å². The Morgan fingerprint density at radius 3 is 2.91 bits per heavy atom. The van der Waals surface area contributed by atoms with E-state index in [1.54, 1.807) is 19.3 Å². The number of likely N-dealkylation sites (tertiary alicyclic amines) is 1. The van der Waals surface area contributed by atoms with Crippen LogP contribution in [0.2, 0.25) is 0 Å². The van der Waals surface area contributed by atoms with Crippen molar-refractivity contribution < 1.29 is 4.79 Å². The molecule has 0 N–H and O–H groups in total. The van der Waals surface area contributed by atoms with E-state index in [-0.39, 0.29) is 11.8 Å². The van der Waals surface area contributed by atoms with Gasteiger partial charge in [-0.1, -0.05) is 0 Å². The van der Waals surface area contributed by atoms with Crippen molar-refractivity contribution in [2.24, 2.45) is 0 Å². The predicted molar refractivity (Wildman–Crippen MR) is 83.2 cm³/mol. The zero-order chi connectivity index (χ0) is 15.5. The van der Waals surface area contributed by atoms with Crippen LogP contribution in [0.4, 0.5) is 0 Å². The molecule has 6 heteroatoms. The number of carbonyl (C=O) groups excluding carboxylic acids is 1. The Bertz CT molecular complexity index is 666. The fourth-order valence-electron chi connectivity index (χ4n) is 3.02. The third-order valence-electron chi connectivity index (χ3n) is 4.21. The zero-order valence-electron chi connectivity index (χ0n) is 13.1. The van der Waals surface area contributed by atoms with E-state index < -0.39 is 0 Å². The Balaban J connectivity index is 1.92. The number of carbonyl (C=O) groups is 1. The maximum atomic E-state index is 11.6. The van der Waals surface area contributed by atoms with Crippen LogP contribution in [0.1, 0.15) is 38.3 Å². The first kappa shape index (κ1) is 14.7. The smallest absolute Gasteiger partial charge is 0.219 e. The van der Waals surface area contributed by atoms with Crippen LogP contribution in [0.15, 0.2) is 24.8 Å².